The summed E-state index contributed by atoms with van der Waals surface area (Å²) in [4.78, 5) is 23.5. The number of hydrogen-bond acceptors (Lipinski definition) is 4. The summed E-state index contributed by atoms with van der Waals surface area (Å²) in [7, 11) is 0. The van der Waals surface area contributed by atoms with Crippen LogP contribution in [0.5, 0.6) is 5.75 Å². The molecular weight excluding hydrogens is 368 g/mol. The van der Waals surface area contributed by atoms with Crippen molar-refractivity contribution in [1.82, 2.24) is 15.3 Å². The van der Waals surface area contributed by atoms with Crippen molar-refractivity contribution >= 4 is 18.0 Å². The molecule has 1 heterocycles. The fourth-order valence-electron chi connectivity index (χ4n) is 2.91. The van der Waals surface area contributed by atoms with Gasteiger partial charge in [0.1, 0.15) is 12.2 Å². The monoisotopic (exact) mass is 398 g/mol. The van der Waals surface area contributed by atoms with E-state index in [0.717, 1.165) is 28.4 Å². The van der Waals surface area contributed by atoms with Crippen LogP contribution in [0.4, 0.5) is 0 Å². The van der Waals surface area contributed by atoms with Gasteiger partial charge in [-0.25, -0.2) is 5.43 Å². The minimum Gasteiger partial charge on any atom is -0.494 e. The fraction of sp³-hybridized carbons (Fsp3) is 0.409. The van der Waals surface area contributed by atoms with Crippen molar-refractivity contribution in [1.29, 1.82) is 0 Å². The molecule has 1 aromatic heterocycles. The van der Waals surface area contributed by atoms with Crippen molar-refractivity contribution in [3.8, 4) is 11.4 Å². The van der Waals surface area contributed by atoms with Crippen molar-refractivity contribution in [3.05, 3.63) is 47.3 Å². The molecule has 0 aliphatic rings. The molecule has 0 saturated carbocycles. The van der Waals surface area contributed by atoms with Gasteiger partial charge in [-0.1, -0.05) is 13.8 Å². The molecule has 2 amide bonds. The van der Waals surface area contributed by atoms with E-state index < -0.39 is 5.91 Å². The van der Waals surface area contributed by atoms with Gasteiger partial charge in [0, 0.05) is 29.2 Å². The minimum absolute atomic E-state index is 0.241. The van der Waals surface area contributed by atoms with Gasteiger partial charge in [0.05, 0.1) is 12.8 Å². The predicted molar refractivity (Wildman–Crippen MR) is 115 cm³/mol. The number of amides is 2. The van der Waals surface area contributed by atoms with E-state index in [4.69, 9.17) is 4.74 Å². The van der Waals surface area contributed by atoms with Crippen LogP contribution in [0.15, 0.2) is 35.4 Å². The number of carbonyl (C=O) groups excluding carboxylic acids is 2. The van der Waals surface area contributed by atoms with Gasteiger partial charge in [-0.05, 0) is 57.0 Å². The minimum atomic E-state index is -0.442. The van der Waals surface area contributed by atoms with Crippen molar-refractivity contribution in [2.75, 3.05) is 13.2 Å². The molecule has 2 aromatic rings. The number of benzene rings is 1. The summed E-state index contributed by atoms with van der Waals surface area (Å²) < 4.78 is 7.60. The fourth-order valence-corrected chi connectivity index (χ4v) is 2.91. The summed E-state index contributed by atoms with van der Waals surface area (Å²) in [5, 5.41) is 6.71. The number of rotatable bonds is 9. The van der Waals surface area contributed by atoms with Crippen molar-refractivity contribution in [2.45, 2.75) is 41.0 Å². The lowest BCUT2D eigenvalue weighted by Crippen LogP contribution is -2.32. The number of nitrogens with one attached hydrogen (secondary N) is 2. The van der Waals surface area contributed by atoms with Crippen molar-refractivity contribution in [3.63, 3.8) is 0 Å². The number of hydrazone groups is 1. The third-order valence-corrected chi connectivity index (χ3v) is 4.30. The number of aromatic nitrogens is 1. The Balaban J connectivity index is 2.00. The van der Waals surface area contributed by atoms with Crippen LogP contribution in [-0.2, 0) is 9.59 Å². The zero-order valence-electron chi connectivity index (χ0n) is 17.8. The lowest BCUT2D eigenvalue weighted by molar-refractivity contribution is -0.129. The number of nitrogens with zero attached hydrogens (tertiary/aromatic N) is 2. The van der Waals surface area contributed by atoms with Crippen LogP contribution in [0.3, 0.4) is 0 Å². The van der Waals surface area contributed by atoms with E-state index >= 15 is 0 Å². The maximum absolute atomic E-state index is 11.8. The third kappa shape index (κ3) is 6.48. The molecule has 156 valence electrons. The molecule has 2 N–H and O–H groups in total. The Labute approximate surface area is 172 Å². The van der Waals surface area contributed by atoms with Gasteiger partial charge < -0.3 is 14.6 Å². The average molecular weight is 399 g/mol. The lowest BCUT2D eigenvalue weighted by Gasteiger charge is -2.11. The summed E-state index contributed by atoms with van der Waals surface area (Å²) in [6, 6.07) is 9.88. The zero-order chi connectivity index (χ0) is 21.4. The summed E-state index contributed by atoms with van der Waals surface area (Å²) in [6.45, 7) is 11.1. The molecule has 0 atom stereocenters. The van der Waals surface area contributed by atoms with Gasteiger partial charge in [-0.15, -0.1) is 0 Å². The molecule has 7 heteroatoms. The third-order valence-electron chi connectivity index (χ3n) is 4.30. The molecule has 2 rings (SSSR count). The SMILES string of the molecule is CCOc1ccc(-n2c(C)cc(/C=N/NC(=O)CC(=O)NCC(C)C)c2C)cc1. The quantitative estimate of drug-likeness (QED) is 0.387. The van der Waals surface area contributed by atoms with Gasteiger partial charge >= 0.3 is 0 Å². The van der Waals surface area contributed by atoms with Crippen LogP contribution in [0.1, 0.15) is 44.1 Å². The van der Waals surface area contributed by atoms with Crippen molar-refractivity contribution in [2.24, 2.45) is 11.0 Å². The van der Waals surface area contributed by atoms with Gasteiger partial charge in [-0.3, -0.25) is 9.59 Å². The molecule has 0 aliphatic carbocycles. The first kappa shape index (κ1) is 22.2. The standard InChI is InChI=1S/C22H30N4O3/c1-6-29-20-9-7-19(8-10-20)26-16(4)11-18(17(26)5)14-24-25-22(28)12-21(27)23-13-15(2)3/h7-11,14-15H,6,12-13H2,1-5H3,(H,23,27)(H,25,28)/b24-14+. The van der Waals surface area contributed by atoms with E-state index in [-0.39, 0.29) is 12.3 Å². The highest BCUT2D eigenvalue weighted by molar-refractivity contribution is 5.97. The zero-order valence-corrected chi connectivity index (χ0v) is 17.8. The van der Waals surface area contributed by atoms with Crippen LogP contribution in [0, 0.1) is 19.8 Å². The van der Waals surface area contributed by atoms with Gasteiger partial charge in [0.15, 0.2) is 0 Å². The molecule has 0 saturated heterocycles. The second-order valence-corrected chi connectivity index (χ2v) is 7.26. The van der Waals surface area contributed by atoms with Gasteiger partial charge in [-0.2, -0.15) is 5.10 Å². The number of aryl methyl sites for hydroxylation is 1. The largest absolute Gasteiger partial charge is 0.494 e. The Bertz CT molecular complexity index is 867. The number of hydrogen-bond donors (Lipinski definition) is 2. The highest BCUT2D eigenvalue weighted by Gasteiger charge is 2.11. The summed E-state index contributed by atoms with van der Waals surface area (Å²) in [5.41, 5.74) is 6.37. The molecule has 0 unspecified atom stereocenters. The molecule has 7 nitrogen and oxygen atoms in total. The topological polar surface area (TPSA) is 84.7 Å². The highest BCUT2D eigenvalue weighted by atomic mass is 16.5. The van der Waals surface area contributed by atoms with Gasteiger partial charge in [0.25, 0.3) is 0 Å². The maximum atomic E-state index is 11.8. The smallest absolute Gasteiger partial charge is 0.249 e. The Hall–Kier alpha value is -3.09. The first-order valence-corrected chi connectivity index (χ1v) is 9.82. The van der Waals surface area contributed by atoms with Crippen molar-refractivity contribution < 1.29 is 14.3 Å². The van der Waals surface area contributed by atoms with Crippen LogP contribution in [0.2, 0.25) is 0 Å². The molecular formula is C22H30N4O3. The van der Waals surface area contributed by atoms with Gasteiger partial charge in [0.2, 0.25) is 11.8 Å². The summed E-state index contributed by atoms with van der Waals surface area (Å²) in [5.74, 6) is 0.425. The molecule has 0 fully saturated rings. The summed E-state index contributed by atoms with van der Waals surface area (Å²) >= 11 is 0. The van der Waals surface area contributed by atoms with E-state index in [1.807, 2.05) is 65.0 Å². The Kier molecular flexibility index (Phi) is 8.00. The molecule has 0 spiro atoms. The Morgan fingerprint density at radius 2 is 1.86 bits per heavy atom. The second kappa shape index (κ2) is 10.5. The number of carbonyl (C=O) groups is 2. The van der Waals surface area contributed by atoms with E-state index in [2.05, 4.69) is 20.4 Å². The van der Waals surface area contributed by atoms with Crippen LogP contribution < -0.4 is 15.5 Å². The predicted octanol–water partition coefficient (Wildman–Crippen LogP) is 3.11. The molecule has 0 radical (unpaired) electrons. The highest BCUT2D eigenvalue weighted by Crippen LogP contribution is 2.22. The number of ether oxygens (including phenoxy) is 1. The average Bonchev–Trinajstić information content (AvgIpc) is 2.94. The van der Waals surface area contributed by atoms with E-state index in [0.29, 0.717) is 19.1 Å². The Morgan fingerprint density at radius 3 is 2.48 bits per heavy atom. The molecule has 29 heavy (non-hydrogen) atoms. The second-order valence-electron chi connectivity index (χ2n) is 7.26. The van der Waals surface area contributed by atoms with Crippen LogP contribution >= 0.6 is 0 Å². The lowest BCUT2D eigenvalue weighted by atomic mass is 10.2. The molecule has 0 aliphatic heterocycles. The molecule has 1 aromatic carbocycles. The molecule has 0 bridgehead atoms. The van der Waals surface area contributed by atoms with E-state index in [9.17, 15) is 9.59 Å². The van der Waals surface area contributed by atoms with E-state index in [1.54, 1.807) is 6.21 Å². The first-order valence-electron chi connectivity index (χ1n) is 9.82. The van der Waals surface area contributed by atoms with Crippen LogP contribution in [0.25, 0.3) is 5.69 Å². The Morgan fingerprint density at radius 1 is 1.17 bits per heavy atom. The van der Waals surface area contributed by atoms with E-state index in [1.165, 1.54) is 0 Å². The maximum Gasteiger partial charge on any atom is 0.249 e. The van der Waals surface area contributed by atoms with Crippen LogP contribution in [-0.4, -0.2) is 35.7 Å². The first-order chi connectivity index (χ1) is 13.8. The normalized spacial score (nSPS) is 11.1. The summed E-state index contributed by atoms with van der Waals surface area (Å²) in [6.07, 6.45) is 1.35.